The van der Waals surface area contributed by atoms with Crippen molar-refractivity contribution < 1.29 is 0 Å². The van der Waals surface area contributed by atoms with E-state index in [1.807, 2.05) is 29.9 Å². The molecule has 3 heteroatoms. The molecule has 11 heavy (non-hydrogen) atoms. The number of anilines is 1. The third-order valence-corrected chi connectivity index (χ3v) is 1.79. The van der Waals surface area contributed by atoms with Gasteiger partial charge in [0.05, 0.1) is 5.52 Å². The lowest BCUT2D eigenvalue weighted by Crippen LogP contribution is -1.90. The zero-order valence-electron chi connectivity index (χ0n) is 6.28. The topological polar surface area (TPSA) is 43.8 Å². The van der Waals surface area contributed by atoms with Gasteiger partial charge in [-0.15, -0.1) is 0 Å². The molecule has 2 heterocycles. The highest BCUT2D eigenvalue weighted by molar-refractivity contribution is 5.81. The van der Waals surface area contributed by atoms with E-state index >= 15 is 0 Å². The molecular weight excluding hydrogens is 138 g/mol. The van der Waals surface area contributed by atoms with Crippen molar-refractivity contribution in [3.05, 3.63) is 24.5 Å². The average Bonchev–Trinajstić information content (AvgIpc) is 2.33. The number of pyridine rings is 1. The number of aryl methyl sites for hydroxylation is 1. The van der Waals surface area contributed by atoms with Gasteiger partial charge in [-0.1, -0.05) is 0 Å². The molecule has 0 aromatic carbocycles. The van der Waals surface area contributed by atoms with Crippen LogP contribution in [0.5, 0.6) is 0 Å². The molecule has 0 saturated heterocycles. The molecule has 0 radical (unpaired) electrons. The molecular formula is C8H9N3. The average molecular weight is 147 g/mol. The zero-order chi connectivity index (χ0) is 7.84. The molecule has 2 N–H and O–H groups in total. The quantitative estimate of drug-likeness (QED) is 0.607. The number of nitrogen functional groups attached to an aromatic ring is 1. The third kappa shape index (κ3) is 0.852. The Bertz CT molecular complexity index is 389. The van der Waals surface area contributed by atoms with E-state index in [1.54, 1.807) is 6.20 Å². The van der Waals surface area contributed by atoms with Crippen LogP contribution in [0.1, 0.15) is 0 Å². The molecule has 0 saturated carbocycles. The second kappa shape index (κ2) is 1.99. The Morgan fingerprint density at radius 1 is 1.55 bits per heavy atom. The van der Waals surface area contributed by atoms with E-state index in [0.717, 1.165) is 10.9 Å². The predicted octanol–water partition coefficient (Wildman–Crippen LogP) is 1.16. The van der Waals surface area contributed by atoms with Gasteiger partial charge in [0.25, 0.3) is 0 Å². The van der Waals surface area contributed by atoms with E-state index in [9.17, 15) is 0 Å². The maximum Gasteiger partial charge on any atom is 0.125 e. The Labute approximate surface area is 64.5 Å². The first-order valence-electron chi connectivity index (χ1n) is 3.44. The maximum atomic E-state index is 5.53. The van der Waals surface area contributed by atoms with Crippen LogP contribution in [-0.2, 0) is 7.05 Å². The first kappa shape index (κ1) is 6.22. The first-order valence-corrected chi connectivity index (χ1v) is 3.44. The molecule has 56 valence electrons. The van der Waals surface area contributed by atoms with E-state index in [1.165, 1.54) is 0 Å². The van der Waals surface area contributed by atoms with Crippen LogP contribution in [0.25, 0.3) is 10.9 Å². The van der Waals surface area contributed by atoms with Crippen LogP contribution >= 0.6 is 0 Å². The number of rotatable bonds is 0. The third-order valence-electron chi connectivity index (χ3n) is 1.79. The number of fused-ring (bicyclic) bond motifs is 1. The van der Waals surface area contributed by atoms with Gasteiger partial charge in [-0.3, -0.25) is 0 Å². The minimum atomic E-state index is 0.569. The van der Waals surface area contributed by atoms with E-state index in [2.05, 4.69) is 4.98 Å². The Morgan fingerprint density at radius 3 is 3.18 bits per heavy atom. The van der Waals surface area contributed by atoms with E-state index in [4.69, 9.17) is 5.73 Å². The van der Waals surface area contributed by atoms with E-state index < -0.39 is 0 Å². The van der Waals surface area contributed by atoms with Gasteiger partial charge in [0, 0.05) is 30.9 Å². The van der Waals surface area contributed by atoms with Crippen molar-refractivity contribution in [3.8, 4) is 0 Å². The maximum absolute atomic E-state index is 5.53. The van der Waals surface area contributed by atoms with Gasteiger partial charge in [0.1, 0.15) is 5.82 Å². The van der Waals surface area contributed by atoms with Crippen LogP contribution in [0.2, 0.25) is 0 Å². The lowest BCUT2D eigenvalue weighted by molar-refractivity contribution is 0.968. The zero-order valence-corrected chi connectivity index (χ0v) is 6.28. The van der Waals surface area contributed by atoms with Crippen molar-refractivity contribution in [1.82, 2.24) is 9.55 Å². The molecule has 2 aromatic rings. The molecule has 3 nitrogen and oxygen atoms in total. The largest absolute Gasteiger partial charge is 0.384 e. The molecule has 0 amide bonds. The molecule has 0 aliphatic heterocycles. The summed E-state index contributed by atoms with van der Waals surface area (Å²) in [6.45, 7) is 0. The van der Waals surface area contributed by atoms with Crippen LogP contribution in [0.15, 0.2) is 24.5 Å². The van der Waals surface area contributed by atoms with Gasteiger partial charge >= 0.3 is 0 Å². The fraction of sp³-hybridized carbons (Fsp3) is 0.125. The van der Waals surface area contributed by atoms with E-state index in [-0.39, 0.29) is 0 Å². The molecule has 0 unspecified atom stereocenters. The second-order valence-electron chi connectivity index (χ2n) is 2.59. The Balaban J connectivity index is 2.87. The van der Waals surface area contributed by atoms with Crippen LogP contribution < -0.4 is 5.73 Å². The van der Waals surface area contributed by atoms with Gasteiger partial charge in [-0.25, -0.2) is 4.98 Å². The van der Waals surface area contributed by atoms with Crippen LogP contribution in [-0.4, -0.2) is 9.55 Å². The summed E-state index contributed by atoms with van der Waals surface area (Å²) in [6.07, 6.45) is 3.77. The summed E-state index contributed by atoms with van der Waals surface area (Å²) < 4.78 is 2.02. The second-order valence-corrected chi connectivity index (χ2v) is 2.59. The number of nitrogens with two attached hydrogens (primary N) is 1. The minimum absolute atomic E-state index is 0.569. The van der Waals surface area contributed by atoms with Crippen molar-refractivity contribution in [2.45, 2.75) is 0 Å². The predicted molar refractivity (Wildman–Crippen MR) is 45.1 cm³/mol. The number of aromatic nitrogens is 2. The summed E-state index contributed by atoms with van der Waals surface area (Å²) in [4.78, 5) is 3.99. The minimum Gasteiger partial charge on any atom is -0.384 e. The summed E-state index contributed by atoms with van der Waals surface area (Å²) in [5.41, 5.74) is 6.65. The molecule has 0 fully saturated rings. The SMILES string of the molecule is Cn1ccc2cnc(N)cc21. The van der Waals surface area contributed by atoms with Crippen LogP contribution in [0, 0.1) is 0 Å². The smallest absolute Gasteiger partial charge is 0.125 e. The lowest BCUT2D eigenvalue weighted by atomic mass is 10.3. The highest BCUT2D eigenvalue weighted by Crippen LogP contribution is 2.14. The molecule has 0 aliphatic carbocycles. The van der Waals surface area contributed by atoms with Gasteiger partial charge in [-0.2, -0.15) is 0 Å². The molecule has 0 spiro atoms. The normalized spacial score (nSPS) is 10.6. The van der Waals surface area contributed by atoms with Crippen molar-refractivity contribution >= 4 is 16.7 Å². The van der Waals surface area contributed by atoms with Crippen LogP contribution in [0.3, 0.4) is 0 Å². The molecule has 0 aliphatic rings. The summed E-state index contributed by atoms with van der Waals surface area (Å²) in [5, 5.41) is 1.13. The van der Waals surface area contributed by atoms with Gasteiger partial charge in [0.15, 0.2) is 0 Å². The number of hydrogen-bond acceptors (Lipinski definition) is 2. The Hall–Kier alpha value is -1.51. The molecule has 2 aromatic heterocycles. The van der Waals surface area contributed by atoms with Crippen molar-refractivity contribution in [2.75, 3.05) is 5.73 Å². The van der Waals surface area contributed by atoms with Crippen molar-refractivity contribution in [2.24, 2.45) is 7.05 Å². The number of nitrogens with zero attached hydrogens (tertiary/aromatic N) is 2. The van der Waals surface area contributed by atoms with E-state index in [0.29, 0.717) is 5.82 Å². The summed E-state index contributed by atoms with van der Waals surface area (Å²) in [6, 6.07) is 3.89. The molecule has 2 rings (SSSR count). The lowest BCUT2D eigenvalue weighted by Gasteiger charge is -1.95. The summed E-state index contributed by atoms with van der Waals surface area (Å²) in [5.74, 6) is 0.569. The first-order chi connectivity index (χ1) is 5.27. The highest BCUT2D eigenvalue weighted by Gasteiger charge is 1.96. The molecule has 0 atom stereocenters. The highest BCUT2D eigenvalue weighted by atomic mass is 14.9. The molecule has 0 bridgehead atoms. The number of hydrogen-bond donors (Lipinski definition) is 1. The fourth-order valence-corrected chi connectivity index (χ4v) is 1.18. The summed E-state index contributed by atoms with van der Waals surface area (Å²) >= 11 is 0. The van der Waals surface area contributed by atoms with Crippen molar-refractivity contribution in [1.29, 1.82) is 0 Å². The van der Waals surface area contributed by atoms with Gasteiger partial charge in [0.2, 0.25) is 0 Å². The van der Waals surface area contributed by atoms with Gasteiger partial charge in [-0.05, 0) is 6.07 Å². The van der Waals surface area contributed by atoms with Crippen LogP contribution in [0.4, 0.5) is 5.82 Å². The fourth-order valence-electron chi connectivity index (χ4n) is 1.18. The van der Waals surface area contributed by atoms with Crippen molar-refractivity contribution in [3.63, 3.8) is 0 Å². The standard InChI is InChI=1S/C8H9N3/c1-11-3-2-6-5-10-8(9)4-7(6)11/h2-5H,1H3,(H2,9,10). The summed E-state index contributed by atoms with van der Waals surface area (Å²) in [7, 11) is 1.99. The van der Waals surface area contributed by atoms with Gasteiger partial charge < -0.3 is 10.3 Å². The monoisotopic (exact) mass is 147 g/mol. The Morgan fingerprint density at radius 2 is 2.36 bits per heavy atom. The Kier molecular flexibility index (Phi) is 1.12.